The first-order valence-corrected chi connectivity index (χ1v) is 8.68. The van der Waals surface area contributed by atoms with Gasteiger partial charge in [0.15, 0.2) is 11.5 Å². The first-order valence-electron chi connectivity index (χ1n) is 8.68. The summed E-state index contributed by atoms with van der Waals surface area (Å²) in [6, 6.07) is 5.90. The summed E-state index contributed by atoms with van der Waals surface area (Å²) in [4.78, 5) is 26.4. The first kappa shape index (κ1) is 15.9. The van der Waals surface area contributed by atoms with E-state index in [1.165, 1.54) is 5.01 Å². The van der Waals surface area contributed by atoms with E-state index >= 15 is 0 Å². The monoisotopic (exact) mass is 343 g/mol. The van der Waals surface area contributed by atoms with Gasteiger partial charge in [-0.15, -0.1) is 0 Å². The third-order valence-electron chi connectivity index (χ3n) is 4.92. The maximum Gasteiger partial charge on any atom is 0.270 e. The van der Waals surface area contributed by atoms with E-state index in [-0.39, 0.29) is 17.9 Å². The fraction of sp³-hybridized carbons (Fsp3) is 0.500. The maximum absolute atomic E-state index is 12.9. The Labute approximate surface area is 146 Å². The molecular formula is C18H21N3O4. The molecule has 3 heterocycles. The van der Waals surface area contributed by atoms with Crippen LogP contribution in [0.15, 0.2) is 23.3 Å². The zero-order valence-electron chi connectivity index (χ0n) is 14.2. The van der Waals surface area contributed by atoms with Gasteiger partial charge < -0.3 is 14.4 Å². The molecule has 0 bridgehead atoms. The number of nitrogens with zero attached hydrogens (tertiary/aromatic N) is 3. The van der Waals surface area contributed by atoms with Gasteiger partial charge in [0, 0.05) is 26.4 Å². The second-order valence-electron chi connectivity index (χ2n) is 6.52. The summed E-state index contributed by atoms with van der Waals surface area (Å²) >= 11 is 0. The second kappa shape index (κ2) is 6.38. The lowest BCUT2D eigenvalue weighted by Crippen LogP contribution is -2.40. The molecule has 132 valence electrons. The minimum absolute atomic E-state index is 0.00830. The highest BCUT2D eigenvalue weighted by Gasteiger charge is 2.34. The van der Waals surface area contributed by atoms with Crippen molar-refractivity contribution >= 4 is 17.5 Å². The van der Waals surface area contributed by atoms with Crippen LogP contribution >= 0.6 is 0 Å². The molecule has 0 aromatic heterocycles. The van der Waals surface area contributed by atoms with E-state index in [9.17, 15) is 9.59 Å². The highest BCUT2D eigenvalue weighted by molar-refractivity contribution is 6.39. The molecular weight excluding hydrogens is 322 g/mol. The summed E-state index contributed by atoms with van der Waals surface area (Å²) in [5.74, 6) is 1.36. The molecule has 0 aliphatic carbocycles. The lowest BCUT2D eigenvalue weighted by molar-refractivity contribution is -0.130. The Morgan fingerprint density at radius 3 is 2.80 bits per heavy atom. The summed E-state index contributed by atoms with van der Waals surface area (Å²) in [6.45, 7) is 1.81. The number of carbonyl (C=O) groups excluding carboxylic acids is 2. The van der Waals surface area contributed by atoms with Crippen molar-refractivity contribution in [1.29, 1.82) is 0 Å². The van der Waals surface area contributed by atoms with Gasteiger partial charge in [-0.3, -0.25) is 9.59 Å². The number of amides is 2. The van der Waals surface area contributed by atoms with Gasteiger partial charge in [-0.2, -0.15) is 5.10 Å². The van der Waals surface area contributed by atoms with Crippen LogP contribution in [-0.2, 0) is 9.59 Å². The smallest absolute Gasteiger partial charge is 0.270 e. The first-order chi connectivity index (χ1) is 12.1. The van der Waals surface area contributed by atoms with Crippen LogP contribution in [0, 0.1) is 0 Å². The van der Waals surface area contributed by atoms with Gasteiger partial charge in [-0.1, -0.05) is 6.07 Å². The number of hydrogen-bond donors (Lipinski definition) is 0. The molecule has 7 nitrogen and oxygen atoms in total. The molecule has 3 aliphatic heterocycles. The van der Waals surface area contributed by atoms with E-state index in [1.54, 1.807) is 7.05 Å². The predicted molar refractivity (Wildman–Crippen MR) is 90.6 cm³/mol. The Morgan fingerprint density at radius 1 is 1.20 bits per heavy atom. The van der Waals surface area contributed by atoms with Gasteiger partial charge in [0.25, 0.3) is 5.91 Å². The lowest BCUT2D eigenvalue weighted by atomic mass is 10.0. The van der Waals surface area contributed by atoms with E-state index < -0.39 is 0 Å². The van der Waals surface area contributed by atoms with E-state index in [2.05, 4.69) is 5.10 Å². The minimum Gasteiger partial charge on any atom is -0.486 e. The molecule has 1 aromatic carbocycles. The van der Waals surface area contributed by atoms with Crippen LogP contribution in [0.5, 0.6) is 11.5 Å². The van der Waals surface area contributed by atoms with E-state index in [0.717, 1.165) is 29.9 Å². The molecule has 4 rings (SSSR count). The van der Waals surface area contributed by atoms with Gasteiger partial charge in [-0.05, 0) is 30.5 Å². The van der Waals surface area contributed by atoms with Gasteiger partial charge in [0.05, 0.1) is 6.04 Å². The second-order valence-corrected chi connectivity index (χ2v) is 6.52. The van der Waals surface area contributed by atoms with E-state index in [1.807, 2.05) is 23.1 Å². The van der Waals surface area contributed by atoms with Crippen LogP contribution in [0.3, 0.4) is 0 Å². The Kier molecular flexibility index (Phi) is 4.07. The molecule has 1 atom stereocenters. The van der Waals surface area contributed by atoms with Crippen LogP contribution in [0.2, 0.25) is 0 Å². The molecule has 3 aliphatic rings. The van der Waals surface area contributed by atoms with Gasteiger partial charge in [-0.25, -0.2) is 5.01 Å². The zero-order valence-corrected chi connectivity index (χ0v) is 14.2. The Bertz CT molecular complexity index is 746. The third kappa shape index (κ3) is 2.94. The zero-order chi connectivity index (χ0) is 17.4. The van der Waals surface area contributed by atoms with Crippen LogP contribution < -0.4 is 9.47 Å². The third-order valence-corrected chi connectivity index (χ3v) is 4.92. The molecule has 1 fully saturated rings. The van der Waals surface area contributed by atoms with Crippen LogP contribution in [0.1, 0.15) is 37.3 Å². The highest BCUT2D eigenvalue weighted by Crippen LogP contribution is 2.38. The fourth-order valence-electron chi connectivity index (χ4n) is 3.61. The van der Waals surface area contributed by atoms with Crippen molar-refractivity contribution in [2.24, 2.45) is 5.10 Å². The topological polar surface area (TPSA) is 71.4 Å². The molecule has 25 heavy (non-hydrogen) atoms. The number of hydrogen-bond acceptors (Lipinski definition) is 5. The fourth-order valence-corrected chi connectivity index (χ4v) is 3.61. The van der Waals surface area contributed by atoms with Gasteiger partial charge in [0.2, 0.25) is 5.91 Å². The van der Waals surface area contributed by atoms with Crippen LogP contribution in [0.4, 0.5) is 0 Å². The number of hydrazone groups is 1. The molecule has 0 saturated carbocycles. The number of carbonyl (C=O) groups is 2. The van der Waals surface area contributed by atoms with Crippen molar-refractivity contribution < 1.29 is 19.1 Å². The van der Waals surface area contributed by atoms with Crippen molar-refractivity contribution in [3.05, 3.63) is 23.8 Å². The summed E-state index contributed by atoms with van der Waals surface area (Å²) in [7, 11) is 1.59. The molecule has 0 radical (unpaired) electrons. The Morgan fingerprint density at radius 2 is 2.00 bits per heavy atom. The van der Waals surface area contributed by atoms with Crippen molar-refractivity contribution in [1.82, 2.24) is 9.91 Å². The Balaban J connectivity index is 1.57. The van der Waals surface area contributed by atoms with Gasteiger partial charge in [0.1, 0.15) is 18.9 Å². The van der Waals surface area contributed by atoms with Crippen molar-refractivity contribution in [2.75, 3.05) is 26.8 Å². The number of rotatable bonds is 2. The minimum atomic E-state index is -0.0725. The number of likely N-dealkylation sites (tertiary alicyclic amines) is 1. The van der Waals surface area contributed by atoms with Crippen molar-refractivity contribution in [3.63, 3.8) is 0 Å². The predicted octanol–water partition coefficient (Wildman–Crippen LogP) is 1.73. The summed E-state index contributed by atoms with van der Waals surface area (Å²) in [5, 5.41) is 5.44. The summed E-state index contributed by atoms with van der Waals surface area (Å²) < 4.78 is 11.2. The molecule has 7 heteroatoms. The van der Waals surface area contributed by atoms with Crippen LogP contribution in [0.25, 0.3) is 0 Å². The molecule has 1 saturated heterocycles. The number of benzene rings is 1. The molecule has 0 spiro atoms. The summed E-state index contributed by atoms with van der Waals surface area (Å²) in [5.41, 5.74) is 1.52. The molecule has 2 amide bonds. The number of ether oxygens (including phenoxy) is 2. The van der Waals surface area contributed by atoms with Gasteiger partial charge >= 0.3 is 0 Å². The highest BCUT2D eigenvalue weighted by atomic mass is 16.6. The van der Waals surface area contributed by atoms with E-state index in [4.69, 9.17) is 9.47 Å². The van der Waals surface area contributed by atoms with Crippen LogP contribution in [-0.4, -0.2) is 54.2 Å². The van der Waals surface area contributed by atoms with Crippen molar-refractivity contribution in [2.45, 2.75) is 31.7 Å². The van der Waals surface area contributed by atoms with Crippen molar-refractivity contribution in [3.8, 4) is 11.5 Å². The summed E-state index contributed by atoms with van der Waals surface area (Å²) in [6.07, 6.45) is 2.61. The largest absolute Gasteiger partial charge is 0.486 e. The molecule has 0 unspecified atom stereocenters. The molecule has 1 aromatic rings. The van der Waals surface area contributed by atoms with E-state index in [0.29, 0.717) is 38.3 Å². The quantitative estimate of drug-likeness (QED) is 0.820. The molecule has 0 N–H and O–H groups in total. The average molecular weight is 343 g/mol. The number of fused-ring (bicyclic) bond motifs is 1. The average Bonchev–Trinajstić information content (AvgIpc) is 3.12. The Hall–Kier alpha value is -2.57. The normalized spacial score (nSPS) is 22.8. The lowest BCUT2D eigenvalue weighted by Gasteiger charge is -2.28. The maximum atomic E-state index is 12.9. The SMILES string of the molecule is CN1N=C(C(=O)N2CCC[C@@H]2c2ccc3c(c2)OCCO3)CCC1=O. The standard InChI is InChI=1S/C18H21N3O4/c1-20-17(22)7-5-13(19-20)18(23)21-8-2-3-14(21)12-4-6-15-16(11-12)25-10-9-24-15/h4,6,11,14H,2-3,5,7-10H2,1H3/t14-/m1/s1.